The Morgan fingerprint density at radius 3 is 2.33 bits per heavy atom. The Bertz CT molecular complexity index is 738. The number of thioether (sulfide) groups is 1. The van der Waals surface area contributed by atoms with Gasteiger partial charge in [-0.15, -0.1) is 0 Å². The van der Waals surface area contributed by atoms with Crippen molar-refractivity contribution >= 4 is 39.1 Å². The molecular formula is C13H10ClF2NO2S2. The zero-order valence-electron chi connectivity index (χ0n) is 10.5. The molecule has 0 saturated carbocycles. The second kappa shape index (κ2) is 6.64. The number of rotatable bonds is 5. The molecule has 3 nitrogen and oxygen atoms in total. The molecule has 21 heavy (non-hydrogen) atoms. The van der Waals surface area contributed by atoms with Crippen LogP contribution in [0.1, 0.15) is 0 Å². The number of halogens is 3. The van der Waals surface area contributed by atoms with E-state index < -0.39 is 15.8 Å². The maximum Gasteiger partial charge on any atom is 0.288 e. The summed E-state index contributed by atoms with van der Waals surface area (Å²) in [5.41, 5.74) is 0.0859. The third-order valence-corrected chi connectivity index (χ3v) is 5.13. The number of nitrogens with one attached hydrogen (secondary N) is 1. The fourth-order valence-corrected chi connectivity index (χ4v) is 3.87. The van der Waals surface area contributed by atoms with Gasteiger partial charge in [-0.2, -0.15) is 8.78 Å². The number of hydrogen-bond acceptors (Lipinski definition) is 3. The standard InChI is InChI=1S/C13H10ClF2NO2S2/c14-9-5-1-4-8-12(9)21(18,19)17-10-6-2-3-7-11(10)20-13(15)16/h1-8,13,17H. The van der Waals surface area contributed by atoms with Crippen LogP contribution in [0, 0.1) is 0 Å². The molecule has 0 aliphatic rings. The van der Waals surface area contributed by atoms with Gasteiger partial charge in [-0.05, 0) is 24.3 Å². The third kappa shape index (κ3) is 4.09. The van der Waals surface area contributed by atoms with Crippen molar-refractivity contribution in [2.45, 2.75) is 15.5 Å². The SMILES string of the molecule is O=S(=O)(Nc1ccccc1SC(F)F)c1ccccc1Cl. The summed E-state index contributed by atoms with van der Waals surface area (Å²) in [5.74, 6) is -2.64. The second-order valence-electron chi connectivity index (χ2n) is 3.91. The normalized spacial score (nSPS) is 11.6. The van der Waals surface area contributed by atoms with Crippen molar-refractivity contribution in [3.8, 4) is 0 Å². The Kier molecular flexibility index (Phi) is 5.08. The van der Waals surface area contributed by atoms with Crippen molar-refractivity contribution in [2.24, 2.45) is 0 Å². The lowest BCUT2D eigenvalue weighted by Gasteiger charge is -2.12. The maximum atomic E-state index is 12.5. The van der Waals surface area contributed by atoms with Gasteiger partial charge < -0.3 is 0 Å². The van der Waals surface area contributed by atoms with Crippen LogP contribution in [-0.2, 0) is 10.0 Å². The first-order valence-corrected chi connectivity index (χ1v) is 8.45. The van der Waals surface area contributed by atoms with E-state index in [4.69, 9.17) is 11.6 Å². The zero-order valence-corrected chi connectivity index (χ0v) is 12.9. The highest BCUT2D eigenvalue weighted by Gasteiger charge is 2.19. The summed E-state index contributed by atoms with van der Waals surface area (Å²) in [5, 5.41) is 0.0593. The average Bonchev–Trinajstić information content (AvgIpc) is 2.40. The topological polar surface area (TPSA) is 46.2 Å². The molecule has 0 aliphatic heterocycles. The molecule has 0 amide bonds. The van der Waals surface area contributed by atoms with Crippen molar-refractivity contribution in [3.63, 3.8) is 0 Å². The first-order chi connectivity index (χ1) is 9.90. The van der Waals surface area contributed by atoms with Crippen LogP contribution in [0.2, 0.25) is 5.02 Å². The minimum Gasteiger partial charge on any atom is -0.278 e. The average molecular weight is 350 g/mol. The number of alkyl halides is 2. The van der Waals surface area contributed by atoms with E-state index in [1.165, 1.54) is 30.3 Å². The number of hydrogen-bond donors (Lipinski definition) is 1. The van der Waals surface area contributed by atoms with Crippen molar-refractivity contribution in [3.05, 3.63) is 53.6 Å². The third-order valence-electron chi connectivity index (χ3n) is 2.47. The summed E-state index contributed by atoms with van der Waals surface area (Å²) >= 11 is 6.13. The molecule has 0 saturated heterocycles. The van der Waals surface area contributed by atoms with Crippen molar-refractivity contribution < 1.29 is 17.2 Å². The Morgan fingerprint density at radius 1 is 1.05 bits per heavy atom. The van der Waals surface area contributed by atoms with Gasteiger partial charge in [0.05, 0.1) is 10.7 Å². The monoisotopic (exact) mass is 349 g/mol. The van der Waals surface area contributed by atoms with Gasteiger partial charge in [-0.3, -0.25) is 4.72 Å². The van der Waals surface area contributed by atoms with Gasteiger partial charge >= 0.3 is 0 Å². The molecule has 112 valence electrons. The summed E-state index contributed by atoms with van der Waals surface area (Å²) in [4.78, 5) is 0.0339. The fourth-order valence-electron chi connectivity index (χ4n) is 1.61. The molecule has 0 atom stereocenters. The molecule has 2 aromatic rings. The lowest BCUT2D eigenvalue weighted by molar-refractivity contribution is 0.252. The van der Waals surface area contributed by atoms with Gasteiger partial charge in [0.2, 0.25) is 0 Å². The Hall–Kier alpha value is -1.31. The molecule has 0 bridgehead atoms. The first-order valence-electron chi connectivity index (χ1n) is 5.71. The molecule has 0 heterocycles. The van der Waals surface area contributed by atoms with E-state index >= 15 is 0 Å². The largest absolute Gasteiger partial charge is 0.288 e. The number of benzene rings is 2. The molecule has 1 N–H and O–H groups in total. The van der Waals surface area contributed by atoms with Crippen molar-refractivity contribution in [1.82, 2.24) is 0 Å². The first kappa shape index (κ1) is 16.1. The van der Waals surface area contributed by atoms with Gasteiger partial charge in [0.1, 0.15) is 4.90 Å². The smallest absolute Gasteiger partial charge is 0.278 e. The summed E-state index contributed by atoms with van der Waals surface area (Å²) in [6.07, 6.45) is 0. The van der Waals surface area contributed by atoms with E-state index in [-0.39, 0.29) is 32.3 Å². The van der Waals surface area contributed by atoms with Crippen LogP contribution >= 0.6 is 23.4 Å². The Labute approximate surface area is 130 Å². The molecule has 2 aromatic carbocycles. The molecule has 0 fully saturated rings. The maximum absolute atomic E-state index is 12.5. The molecule has 0 spiro atoms. The molecular weight excluding hydrogens is 340 g/mol. The highest BCUT2D eigenvalue weighted by molar-refractivity contribution is 7.99. The van der Waals surface area contributed by atoms with Gasteiger partial charge in [0.25, 0.3) is 15.8 Å². The van der Waals surface area contributed by atoms with E-state index in [0.717, 1.165) is 0 Å². The quantitative estimate of drug-likeness (QED) is 0.811. The van der Waals surface area contributed by atoms with Gasteiger partial charge in [-0.25, -0.2) is 8.42 Å². The molecule has 0 aliphatic carbocycles. The summed E-state index contributed by atoms with van der Waals surface area (Å²) in [6, 6.07) is 11.9. The molecule has 2 rings (SSSR count). The lowest BCUT2D eigenvalue weighted by Crippen LogP contribution is -2.14. The van der Waals surface area contributed by atoms with Crippen LogP contribution in [0.4, 0.5) is 14.5 Å². The van der Waals surface area contributed by atoms with Crippen molar-refractivity contribution in [1.29, 1.82) is 0 Å². The Morgan fingerprint density at radius 2 is 1.67 bits per heavy atom. The lowest BCUT2D eigenvalue weighted by atomic mass is 10.3. The fraction of sp³-hybridized carbons (Fsp3) is 0.0769. The minimum atomic E-state index is -3.94. The molecule has 0 aromatic heterocycles. The zero-order chi connectivity index (χ0) is 15.5. The number of para-hydroxylation sites is 1. The predicted octanol–water partition coefficient (Wildman–Crippen LogP) is 4.46. The van der Waals surface area contributed by atoms with E-state index in [1.807, 2.05) is 0 Å². The molecule has 8 heteroatoms. The van der Waals surface area contributed by atoms with E-state index in [0.29, 0.717) is 0 Å². The van der Waals surface area contributed by atoms with Crippen molar-refractivity contribution in [2.75, 3.05) is 4.72 Å². The highest BCUT2D eigenvalue weighted by atomic mass is 35.5. The van der Waals surface area contributed by atoms with Gasteiger partial charge in [0, 0.05) is 4.90 Å². The molecule has 0 radical (unpaired) electrons. The van der Waals surface area contributed by atoms with Crippen LogP contribution in [0.25, 0.3) is 0 Å². The van der Waals surface area contributed by atoms with Crippen LogP contribution < -0.4 is 4.72 Å². The Balaban J connectivity index is 2.36. The van der Waals surface area contributed by atoms with Gasteiger partial charge in [0.15, 0.2) is 0 Å². The minimum absolute atomic E-state index is 0.0593. The van der Waals surface area contributed by atoms with Crippen LogP contribution in [-0.4, -0.2) is 14.2 Å². The summed E-state index contributed by atoms with van der Waals surface area (Å²) in [7, 11) is -3.94. The summed E-state index contributed by atoms with van der Waals surface area (Å²) < 4.78 is 51.8. The van der Waals surface area contributed by atoms with E-state index in [1.54, 1.807) is 18.2 Å². The molecule has 0 unspecified atom stereocenters. The van der Waals surface area contributed by atoms with Crippen LogP contribution in [0.5, 0.6) is 0 Å². The number of sulfonamides is 1. The second-order valence-corrected chi connectivity index (χ2v) is 7.00. The van der Waals surface area contributed by atoms with Crippen LogP contribution in [0.3, 0.4) is 0 Å². The number of anilines is 1. The van der Waals surface area contributed by atoms with E-state index in [2.05, 4.69) is 4.72 Å². The summed E-state index contributed by atoms with van der Waals surface area (Å²) in [6.45, 7) is 0. The van der Waals surface area contributed by atoms with Gasteiger partial charge in [-0.1, -0.05) is 47.6 Å². The van der Waals surface area contributed by atoms with E-state index in [9.17, 15) is 17.2 Å². The van der Waals surface area contributed by atoms with Crippen LogP contribution in [0.15, 0.2) is 58.3 Å². The highest BCUT2D eigenvalue weighted by Crippen LogP contribution is 2.33. The predicted molar refractivity (Wildman–Crippen MR) is 80.6 cm³/mol.